The maximum atomic E-state index is 12.8. The first-order valence-electron chi connectivity index (χ1n) is 9.46. The fourth-order valence-electron chi connectivity index (χ4n) is 3.42. The molecule has 0 aromatic carbocycles. The first kappa shape index (κ1) is 18.5. The minimum Gasteiger partial charge on any atom is -0.354 e. The second kappa shape index (κ2) is 8.85. The van der Waals surface area contributed by atoms with E-state index in [2.05, 4.69) is 40.1 Å². The lowest BCUT2D eigenvalue weighted by Crippen LogP contribution is -2.45. The highest BCUT2D eigenvalue weighted by atomic mass is 16.2. The van der Waals surface area contributed by atoms with Crippen LogP contribution in [0.5, 0.6) is 0 Å². The number of rotatable bonds is 7. The fourth-order valence-corrected chi connectivity index (χ4v) is 3.42. The molecule has 140 valence electrons. The van der Waals surface area contributed by atoms with Crippen molar-refractivity contribution >= 4 is 11.7 Å². The third-order valence-corrected chi connectivity index (χ3v) is 4.98. The van der Waals surface area contributed by atoms with Gasteiger partial charge in [0, 0.05) is 56.9 Å². The standard InChI is InChI=1S/C20H29N5O/c1-3-7-18(24-10-4-5-11-24)20(26)22-16-17-8-6-9-21-19(17)25-14-12-23(2)13-15-25/h4-6,8-11,18H,3,7,12-16H2,1-2H3,(H,22,26)/t18-/m0/s1. The SMILES string of the molecule is CCC[C@@H](C(=O)NCc1cccnc1N1CCN(C)CC1)n1cccc1. The Hall–Kier alpha value is -2.34. The molecule has 0 aliphatic carbocycles. The number of carbonyl (C=O) groups excluding carboxylic acids is 1. The van der Waals surface area contributed by atoms with Gasteiger partial charge in [-0.2, -0.15) is 0 Å². The molecule has 26 heavy (non-hydrogen) atoms. The minimum atomic E-state index is -0.154. The van der Waals surface area contributed by atoms with Crippen molar-refractivity contribution in [3.8, 4) is 0 Å². The molecule has 0 radical (unpaired) electrons. The molecule has 1 fully saturated rings. The number of hydrogen-bond donors (Lipinski definition) is 1. The number of nitrogens with zero attached hydrogens (tertiary/aromatic N) is 4. The van der Waals surface area contributed by atoms with Crippen LogP contribution in [0.15, 0.2) is 42.9 Å². The Balaban J connectivity index is 1.66. The zero-order chi connectivity index (χ0) is 18.4. The molecular formula is C20H29N5O. The van der Waals surface area contributed by atoms with Crippen LogP contribution >= 0.6 is 0 Å². The van der Waals surface area contributed by atoms with Gasteiger partial charge in [0.15, 0.2) is 0 Å². The lowest BCUT2D eigenvalue weighted by Gasteiger charge is -2.34. The zero-order valence-electron chi connectivity index (χ0n) is 15.8. The summed E-state index contributed by atoms with van der Waals surface area (Å²) in [5, 5.41) is 3.12. The van der Waals surface area contributed by atoms with Gasteiger partial charge in [-0.25, -0.2) is 4.98 Å². The Morgan fingerprint density at radius 1 is 1.19 bits per heavy atom. The van der Waals surface area contributed by atoms with Crippen molar-refractivity contribution in [1.29, 1.82) is 0 Å². The first-order chi connectivity index (χ1) is 12.7. The van der Waals surface area contributed by atoms with Crippen molar-refractivity contribution in [2.24, 2.45) is 0 Å². The molecule has 3 rings (SSSR count). The molecule has 1 aliphatic heterocycles. The molecular weight excluding hydrogens is 326 g/mol. The normalized spacial score (nSPS) is 16.5. The highest BCUT2D eigenvalue weighted by Gasteiger charge is 2.21. The number of likely N-dealkylation sites (N-methyl/N-ethyl adjacent to an activating group) is 1. The number of carbonyl (C=O) groups is 1. The lowest BCUT2D eigenvalue weighted by atomic mass is 10.1. The number of hydrogen-bond acceptors (Lipinski definition) is 4. The van der Waals surface area contributed by atoms with E-state index < -0.39 is 0 Å². The first-order valence-corrected chi connectivity index (χ1v) is 9.46. The number of pyridine rings is 1. The zero-order valence-corrected chi connectivity index (χ0v) is 15.8. The summed E-state index contributed by atoms with van der Waals surface area (Å²) in [5.74, 6) is 1.06. The summed E-state index contributed by atoms with van der Waals surface area (Å²) < 4.78 is 1.99. The molecule has 2 aromatic heterocycles. The monoisotopic (exact) mass is 355 g/mol. The molecule has 6 nitrogen and oxygen atoms in total. The molecule has 0 unspecified atom stereocenters. The lowest BCUT2D eigenvalue weighted by molar-refractivity contribution is -0.124. The number of amides is 1. The van der Waals surface area contributed by atoms with Gasteiger partial charge in [0.1, 0.15) is 11.9 Å². The van der Waals surface area contributed by atoms with Gasteiger partial charge in [-0.05, 0) is 31.7 Å². The molecule has 3 heterocycles. The molecule has 1 saturated heterocycles. The van der Waals surface area contributed by atoms with Crippen LogP contribution in [0.2, 0.25) is 0 Å². The van der Waals surface area contributed by atoms with Crippen LogP contribution in [0.25, 0.3) is 0 Å². The van der Waals surface area contributed by atoms with E-state index in [-0.39, 0.29) is 11.9 Å². The Kier molecular flexibility index (Phi) is 6.28. The summed E-state index contributed by atoms with van der Waals surface area (Å²) in [4.78, 5) is 22.0. The van der Waals surface area contributed by atoms with E-state index in [4.69, 9.17) is 0 Å². The van der Waals surface area contributed by atoms with Crippen molar-refractivity contribution in [3.63, 3.8) is 0 Å². The van der Waals surface area contributed by atoms with Gasteiger partial charge in [-0.3, -0.25) is 4.79 Å². The van der Waals surface area contributed by atoms with Gasteiger partial charge in [0.25, 0.3) is 0 Å². The predicted octanol–water partition coefficient (Wildman–Crippen LogP) is 2.29. The van der Waals surface area contributed by atoms with Gasteiger partial charge >= 0.3 is 0 Å². The Bertz CT molecular complexity index is 692. The summed E-state index contributed by atoms with van der Waals surface area (Å²) >= 11 is 0. The van der Waals surface area contributed by atoms with Crippen LogP contribution in [0.1, 0.15) is 31.4 Å². The second-order valence-corrected chi connectivity index (χ2v) is 6.93. The van der Waals surface area contributed by atoms with Crippen LogP contribution in [0.4, 0.5) is 5.82 Å². The molecule has 0 saturated carbocycles. The Morgan fingerprint density at radius 3 is 2.62 bits per heavy atom. The van der Waals surface area contributed by atoms with E-state index in [0.29, 0.717) is 6.54 Å². The van der Waals surface area contributed by atoms with Crippen LogP contribution in [0, 0.1) is 0 Å². The molecule has 6 heteroatoms. The number of nitrogens with one attached hydrogen (secondary N) is 1. The minimum absolute atomic E-state index is 0.0660. The predicted molar refractivity (Wildman–Crippen MR) is 104 cm³/mol. The van der Waals surface area contributed by atoms with Crippen molar-refractivity contribution < 1.29 is 4.79 Å². The molecule has 1 amide bonds. The maximum absolute atomic E-state index is 12.8. The van der Waals surface area contributed by atoms with E-state index in [0.717, 1.165) is 50.4 Å². The Labute approximate surface area is 155 Å². The average Bonchev–Trinajstić information content (AvgIpc) is 3.19. The highest BCUT2D eigenvalue weighted by molar-refractivity contribution is 5.80. The van der Waals surface area contributed by atoms with Crippen LogP contribution in [0.3, 0.4) is 0 Å². The van der Waals surface area contributed by atoms with Gasteiger partial charge in [-0.1, -0.05) is 19.4 Å². The van der Waals surface area contributed by atoms with Crippen molar-refractivity contribution in [3.05, 3.63) is 48.4 Å². The summed E-state index contributed by atoms with van der Waals surface area (Å²) in [7, 11) is 2.14. The fraction of sp³-hybridized carbons (Fsp3) is 0.500. The number of anilines is 1. The molecule has 0 bridgehead atoms. The van der Waals surface area contributed by atoms with Crippen molar-refractivity contribution in [2.75, 3.05) is 38.1 Å². The second-order valence-electron chi connectivity index (χ2n) is 6.93. The topological polar surface area (TPSA) is 53.4 Å². The number of aromatic nitrogens is 2. The van der Waals surface area contributed by atoms with E-state index in [1.807, 2.05) is 41.4 Å². The van der Waals surface area contributed by atoms with E-state index in [1.54, 1.807) is 0 Å². The van der Waals surface area contributed by atoms with Crippen LogP contribution < -0.4 is 10.2 Å². The molecule has 2 aromatic rings. The van der Waals surface area contributed by atoms with E-state index in [9.17, 15) is 4.79 Å². The van der Waals surface area contributed by atoms with Crippen LogP contribution in [-0.4, -0.2) is 53.6 Å². The summed E-state index contributed by atoms with van der Waals surface area (Å²) in [6.45, 7) is 6.63. The van der Waals surface area contributed by atoms with E-state index >= 15 is 0 Å². The van der Waals surface area contributed by atoms with E-state index in [1.165, 1.54) is 0 Å². The summed E-state index contributed by atoms with van der Waals surface area (Å²) in [6.07, 6.45) is 7.55. The van der Waals surface area contributed by atoms with Crippen LogP contribution in [-0.2, 0) is 11.3 Å². The Morgan fingerprint density at radius 2 is 1.92 bits per heavy atom. The molecule has 1 N–H and O–H groups in total. The summed E-state index contributed by atoms with van der Waals surface area (Å²) in [6, 6.07) is 7.77. The molecule has 0 spiro atoms. The number of piperazine rings is 1. The van der Waals surface area contributed by atoms with Gasteiger partial charge in [-0.15, -0.1) is 0 Å². The molecule has 1 aliphatic rings. The van der Waals surface area contributed by atoms with Crippen molar-refractivity contribution in [2.45, 2.75) is 32.4 Å². The average molecular weight is 355 g/mol. The van der Waals surface area contributed by atoms with Gasteiger partial charge in [0.2, 0.25) is 5.91 Å². The highest BCUT2D eigenvalue weighted by Crippen LogP contribution is 2.20. The largest absolute Gasteiger partial charge is 0.354 e. The summed E-state index contributed by atoms with van der Waals surface area (Å²) in [5.41, 5.74) is 1.08. The molecule has 1 atom stereocenters. The van der Waals surface area contributed by atoms with Crippen molar-refractivity contribution in [1.82, 2.24) is 19.8 Å². The van der Waals surface area contributed by atoms with Gasteiger partial charge in [0.05, 0.1) is 0 Å². The quantitative estimate of drug-likeness (QED) is 0.828. The maximum Gasteiger partial charge on any atom is 0.243 e. The van der Waals surface area contributed by atoms with Gasteiger partial charge < -0.3 is 19.7 Å². The third kappa shape index (κ3) is 4.43. The smallest absolute Gasteiger partial charge is 0.243 e. The third-order valence-electron chi connectivity index (χ3n) is 4.98.